The maximum Gasteiger partial charge on any atom is 0.234 e. The van der Waals surface area contributed by atoms with E-state index in [9.17, 15) is 10.1 Å². The summed E-state index contributed by atoms with van der Waals surface area (Å²) in [4.78, 5) is 10.3. The zero-order valence-electron chi connectivity index (χ0n) is 8.19. The van der Waals surface area contributed by atoms with E-state index in [2.05, 4.69) is 0 Å². The monoisotopic (exact) mass is 193 g/mol. The van der Waals surface area contributed by atoms with Crippen LogP contribution in [0.3, 0.4) is 0 Å². The van der Waals surface area contributed by atoms with Crippen LogP contribution in [0.2, 0.25) is 0 Å². The molecule has 0 N–H and O–H groups in total. The highest BCUT2D eigenvalue weighted by Gasteiger charge is 2.46. The second-order valence-corrected chi connectivity index (χ2v) is 5.22. The third-order valence-electron chi connectivity index (χ3n) is 4.34. The van der Waals surface area contributed by atoms with Crippen LogP contribution in [0.5, 0.6) is 0 Å². The summed E-state index contributed by atoms with van der Waals surface area (Å²) in [6.07, 6.45) is 7.63. The predicted octanol–water partition coefficient (Wildman–Crippen LogP) is 2.60. The molecule has 3 nitrogen and oxygen atoms in total. The number of rotatable bonds is 1. The van der Waals surface area contributed by atoms with Gasteiger partial charge >= 0.3 is 0 Å². The molecule has 4 aliphatic carbocycles. The Hall–Kier alpha value is -0.860. The Balaban J connectivity index is 1.91. The Morgan fingerprint density at radius 1 is 1.07 bits per heavy atom. The lowest BCUT2D eigenvalue weighted by molar-refractivity contribution is -0.404. The summed E-state index contributed by atoms with van der Waals surface area (Å²) in [5, 5.41) is 10.5. The number of nitrogens with zero attached hydrogens (tertiary/aromatic N) is 1. The third-order valence-corrected chi connectivity index (χ3v) is 4.34. The van der Waals surface area contributed by atoms with Gasteiger partial charge in [-0.25, -0.2) is 0 Å². The van der Waals surface area contributed by atoms with Crippen LogP contribution in [0.25, 0.3) is 0 Å². The van der Waals surface area contributed by atoms with Gasteiger partial charge in [0.15, 0.2) is 0 Å². The number of hydrogen-bond donors (Lipinski definition) is 0. The molecule has 0 aromatic rings. The molecule has 0 aromatic carbocycles. The molecule has 0 saturated heterocycles. The smallest absolute Gasteiger partial charge is 0.234 e. The van der Waals surface area contributed by atoms with Crippen LogP contribution >= 0.6 is 0 Å². The van der Waals surface area contributed by atoms with E-state index in [4.69, 9.17) is 0 Å². The van der Waals surface area contributed by atoms with Crippen LogP contribution in [0.1, 0.15) is 32.1 Å². The summed E-state index contributed by atoms with van der Waals surface area (Å²) in [5.41, 5.74) is 1.17. The average molecular weight is 193 g/mol. The van der Waals surface area contributed by atoms with Crippen molar-refractivity contribution in [3.05, 3.63) is 21.9 Å². The molecule has 4 saturated carbocycles. The van der Waals surface area contributed by atoms with Gasteiger partial charge in [-0.3, -0.25) is 10.1 Å². The van der Waals surface area contributed by atoms with Gasteiger partial charge in [0.1, 0.15) is 0 Å². The van der Waals surface area contributed by atoms with E-state index in [1.54, 1.807) is 0 Å². The predicted molar refractivity (Wildman–Crippen MR) is 52.1 cm³/mol. The van der Waals surface area contributed by atoms with Gasteiger partial charge in [-0.05, 0) is 55.8 Å². The zero-order valence-corrected chi connectivity index (χ0v) is 8.19. The van der Waals surface area contributed by atoms with Crippen LogP contribution in [0.15, 0.2) is 11.8 Å². The zero-order chi connectivity index (χ0) is 9.71. The molecule has 4 aliphatic rings. The van der Waals surface area contributed by atoms with Crippen molar-refractivity contribution in [2.75, 3.05) is 0 Å². The molecule has 0 unspecified atom stereocenters. The van der Waals surface area contributed by atoms with Gasteiger partial charge in [0.25, 0.3) is 0 Å². The largest absolute Gasteiger partial charge is 0.259 e. The molecule has 3 heteroatoms. The number of hydrogen-bond acceptors (Lipinski definition) is 2. The Morgan fingerprint density at radius 2 is 1.57 bits per heavy atom. The Labute approximate surface area is 83.3 Å². The van der Waals surface area contributed by atoms with Gasteiger partial charge in [-0.2, -0.15) is 0 Å². The highest BCUT2D eigenvalue weighted by atomic mass is 16.6. The molecule has 0 spiro atoms. The van der Waals surface area contributed by atoms with Gasteiger partial charge in [-0.1, -0.05) is 0 Å². The first-order chi connectivity index (χ1) is 6.72. The van der Waals surface area contributed by atoms with Crippen molar-refractivity contribution < 1.29 is 4.92 Å². The van der Waals surface area contributed by atoms with Gasteiger partial charge in [0, 0.05) is 5.57 Å². The molecule has 0 radical (unpaired) electrons. The molecule has 76 valence electrons. The molecule has 4 fully saturated rings. The fraction of sp³-hybridized carbons (Fsp3) is 0.818. The van der Waals surface area contributed by atoms with Crippen molar-refractivity contribution in [1.82, 2.24) is 0 Å². The fourth-order valence-corrected chi connectivity index (χ4v) is 4.06. The molecule has 0 aliphatic heterocycles. The highest BCUT2D eigenvalue weighted by molar-refractivity contribution is 5.18. The second-order valence-electron chi connectivity index (χ2n) is 5.22. The molecular formula is C11H15NO2. The lowest BCUT2D eigenvalue weighted by atomic mass is 9.54. The summed E-state index contributed by atoms with van der Waals surface area (Å²) in [6, 6.07) is 0. The lowest BCUT2D eigenvalue weighted by Gasteiger charge is -2.50. The maximum atomic E-state index is 10.5. The van der Waals surface area contributed by atoms with Crippen molar-refractivity contribution in [2.24, 2.45) is 23.7 Å². The summed E-state index contributed by atoms with van der Waals surface area (Å²) in [6.45, 7) is 0. The minimum atomic E-state index is -0.252. The molecule has 0 amide bonds. The van der Waals surface area contributed by atoms with E-state index < -0.39 is 0 Å². The van der Waals surface area contributed by atoms with Gasteiger partial charge < -0.3 is 0 Å². The molecular weight excluding hydrogens is 178 g/mol. The van der Waals surface area contributed by atoms with E-state index in [0.29, 0.717) is 11.8 Å². The number of allylic oxidation sites excluding steroid dienone is 1. The summed E-state index contributed by atoms with van der Waals surface area (Å²) in [7, 11) is 0. The average Bonchev–Trinajstić information content (AvgIpc) is 2.09. The number of nitro groups is 1. The van der Waals surface area contributed by atoms with Crippen LogP contribution in [-0.2, 0) is 0 Å². The maximum absolute atomic E-state index is 10.5. The van der Waals surface area contributed by atoms with Gasteiger partial charge in [-0.15, -0.1) is 0 Å². The van der Waals surface area contributed by atoms with Crippen LogP contribution in [0, 0.1) is 33.8 Å². The van der Waals surface area contributed by atoms with E-state index in [0.717, 1.165) is 11.8 Å². The summed E-state index contributed by atoms with van der Waals surface area (Å²) >= 11 is 0. The summed E-state index contributed by atoms with van der Waals surface area (Å²) < 4.78 is 0. The van der Waals surface area contributed by atoms with Crippen molar-refractivity contribution in [3.8, 4) is 0 Å². The van der Waals surface area contributed by atoms with Crippen LogP contribution in [-0.4, -0.2) is 4.92 Å². The first kappa shape index (κ1) is 8.45. The SMILES string of the molecule is O=[N+]([O-])C=C1C2CC3CC(C2)CC1C3. The van der Waals surface area contributed by atoms with Crippen molar-refractivity contribution in [2.45, 2.75) is 32.1 Å². The first-order valence-electron chi connectivity index (χ1n) is 5.57. The van der Waals surface area contributed by atoms with Gasteiger partial charge in [0.05, 0.1) is 4.92 Å². The topological polar surface area (TPSA) is 43.1 Å². The normalized spacial score (nSPS) is 44.1. The standard InChI is InChI=1S/C11H15NO2/c13-12(14)6-11-9-2-7-1-8(4-9)5-10(11)3-7/h6-10H,1-5H2. The minimum absolute atomic E-state index is 0.252. The van der Waals surface area contributed by atoms with Crippen molar-refractivity contribution >= 4 is 0 Å². The quantitative estimate of drug-likeness (QED) is 0.474. The van der Waals surface area contributed by atoms with E-state index in [-0.39, 0.29) is 4.92 Å². The molecule has 4 bridgehead atoms. The molecule has 4 rings (SSSR count). The van der Waals surface area contributed by atoms with Crippen molar-refractivity contribution in [3.63, 3.8) is 0 Å². The van der Waals surface area contributed by atoms with Crippen LogP contribution in [0.4, 0.5) is 0 Å². The fourth-order valence-electron chi connectivity index (χ4n) is 4.06. The Bertz CT molecular complexity index is 278. The van der Waals surface area contributed by atoms with Gasteiger partial charge in [0.2, 0.25) is 6.20 Å². The molecule has 14 heavy (non-hydrogen) atoms. The molecule has 0 atom stereocenters. The molecule has 0 heterocycles. The molecule has 0 aromatic heterocycles. The lowest BCUT2D eigenvalue weighted by Crippen LogP contribution is -2.40. The van der Waals surface area contributed by atoms with Crippen molar-refractivity contribution in [1.29, 1.82) is 0 Å². The van der Waals surface area contributed by atoms with E-state index in [1.807, 2.05) is 0 Å². The summed E-state index contributed by atoms with van der Waals surface area (Å²) in [5.74, 6) is 2.91. The first-order valence-corrected chi connectivity index (χ1v) is 5.57. The Kier molecular flexibility index (Phi) is 1.70. The van der Waals surface area contributed by atoms with E-state index in [1.165, 1.54) is 43.9 Å². The van der Waals surface area contributed by atoms with E-state index >= 15 is 0 Å². The van der Waals surface area contributed by atoms with Crippen LogP contribution < -0.4 is 0 Å². The second kappa shape index (κ2) is 2.81. The highest BCUT2D eigenvalue weighted by Crippen LogP contribution is 2.56. The third kappa shape index (κ3) is 1.18. The minimum Gasteiger partial charge on any atom is -0.259 e. The Morgan fingerprint density at radius 3 is 2.00 bits per heavy atom.